The third kappa shape index (κ3) is 7.22. The summed E-state index contributed by atoms with van der Waals surface area (Å²) in [6, 6.07) is 67.6. The molecule has 0 radical (unpaired) electrons. The zero-order chi connectivity index (χ0) is 48.3. The molecule has 4 heterocycles. The Labute approximate surface area is 417 Å². The standard InChI is InChI=1S/C65H55BN2O3/c1-40-31-57-63-58(32-40)68(50-34-45(41-17-23-47(24-18-41)64(2,3)4)33-46(35-50)42-19-25-48(26-20-42)65(5,6)7)55-36-43(44-21-27-52-51-15-11-12-16-59(51)71-60(52)37-44)22-28-53(55)66(63)54-38-61-62(70-30-29-69-61)39-56(54)67(57)49-13-9-8-10-14-49/h8-28,31-39H,29-30H2,1-7H3. The molecule has 0 saturated carbocycles. The third-order valence-electron chi connectivity index (χ3n) is 14.9. The summed E-state index contributed by atoms with van der Waals surface area (Å²) in [5.74, 6) is 1.56. The zero-order valence-electron chi connectivity index (χ0n) is 41.4. The maximum Gasteiger partial charge on any atom is 0.252 e. The van der Waals surface area contributed by atoms with Gasteiger partial charge in [0.1, 0.15) is 24.4 Å². The molecule has 0 spiro atoms. The summed E-state index contributed by atoms with van der Waals surface area (Å²) < 4.78 is 19.2. The molecule has 3 aliphatic heterocycles. The first-order chi connectivity index (χ1) is 34.3. The monoisotopic (exact) mass is 922 g/mol. The molecule has 0 amide bonds. The molecular weight excluding hydrogens is 868 g/mol. The highest BCUT2D eigenvalue weighted by Gasteiger charge is 2.44. The Balaban J connectivity index is 1.09. The first-order valence-corrected chi connectivity index (χ1v) is 25.0. The van der Waals surface area contributed by atoms with Crippen molar-refractivity contribution in [3.8, 4) is 44.9 Å². The molecule has 71 heavy (non-hydrogen) atoms. The lowest BCUT2D eigenvalue weighted by Crippen LogP contribution is -2.61. The van der Waals surface area contributed by atoms with Crippen LogP contribution in [0.15, 0.2) is 186 Å². The summed E-state index contributed by atoms with van der Waals surface area (Å²) in [5.41, 5.74) is 22.9. The zero-order valence-corrected chi connectivity index (χ0v) is 41.4. The first-order valence-electron chi connectivity index (χ1n) is 25.0. The summed E-state index contributed by atoms with van der Waals surface area (Å²) in [6.45, 7) is 16.8. The van der Waals surface area contributed by atoms with Gasteiger partial charge in [0.25, 0.3) is 6.71 Å². The van der Waals surface area contributed by atoms with Crippen molar-refractivity contribution in [3.05, 3.63) is 199 Å². The van der Waals surface area contributed by atoms with Gasteiger partial charge in [-0.3, -0.25) is 0 Å². The lowest BCUT2D eigenvalue weighted by atomic mass is 9.33. The molecule has 0 unspecified atom stereocenters. The second kappa shape index (κ2) is 16.0. The number of benzene rings is 9. The lowest BCUT2D eigenvalue weighted by Gasteiger charge is -2.45. The predicted molar refractivity (Wildman–Crippen MR) is 297 cm³/mol. The van der Waals surface area contributed by atoms with Gasteiger partial charge < -0.3 is 23.7 Å². The fourth-order valence-corrected chi connectivity index (χ4v) is 11.3. The van der Waals surface area contributed by atoms with Gasteiger partial charge in [0.2, 0.25) is 0 Å². The van der Waals surface area contributed by atoms with Crippen LogP contribution in [0.2, 0.25) is 0 Å². The molecule has 10 aromatic rings. The van der Waals surface area contributed by atoms with Gasteiger partial charge in [-0.15, -0.1) is 0 Å². The van der Waals surface area contributed by atoms with Gasteiger partial charge in [0.05, 0.1) is 0 Å². The summed E-state index contributed by atoms with van der Waals surface area (Å²) >= 11 is 0. The van der Waals surface area contributed by atoms with Crippen LogP contribution in [-0.2, 0) is 10.8 Å². The van der Waals surface area contributed by atoms with E-state index in [1.54, 1.807) is 0 Å². The highest BCUT2D eigenvalue weighted by Crippen LogP contribution is 2.49. The van der Waals surface area contributed by atoms with Crippen molar-refractivity contribution in [3.63, 3.8) is 0 Å². The minimum Gasteiger partial charge on any atom is -0.486 e. The summed E-state index contributed by atoms with van der Waals surface area (Å²) in [7, 11) is 0. The van der Waals surface area contributed by atoms with Crippen molar-refractivity contribution in [2.24, 2.45) is 0 Å². The number of nitrogens with zero attached hydrogens (tertiary/aromatic N) is 2. The topological polar surface area (TPSA) is 38.1 Å². The highest BCUT2D eigenvalue weighted by molar-refractivity contribution is 7.00. The number of hydrogen-bond acceptors (Lipinski definition) is 5. The van der Waals surface area contributed by atoms with Crippen LogP contribution in [0, 0.1) is 6.92 Å². The Morgan fingerprint density at radius 1 is 0.408 bits per heavy atom. The molecule has 13 rings (SSSR count). The predicted octanol–water partition coefficient (Wildman–Crippen LogP) is 15.3. The molecule has 0 atom stereocenters. The summed E-state index contributed by atoms with van der Waals surface area (Å²) in [6.07, 6.45) is 0. The van der Waals surface area contributed by atoms with Gasteiger partial charge in [-0.25, -0.2) is 0 Å². The van der Waals surface area contributed by atoms with Gasteiger partial charge in [0.15, 0.2) is 11.5 Å². The smallest absolute Gasteiger partial charge is 0.252 e. The summed E-state index contributed by atoms with van der Waals surface area (Å²) in [4.78, 5) is 4.98. The maximum atomic E-state index is 6.49. The van der Waals surface area contributed by atoms with E-state index < -0.39 is 0 Å². The molecule has 346 valence electrons. The molecule has 6 heteroatoms. The van der Waals surface area contributed by atoms with Crippen molar-refractivity contribution < 1.29 is 13.9 Å². The van der Waals surface area contributed by atoms with Crippen LogP contribution in [-0.4, -0.2) is 19.9 Å². The number of furan rings is 1. The van der Waals surface area contributed by atoms with Gasteiger partial charge in [0, 0.05) is 51.0 Å². The molecule has 9 aromatic carbocycles. The normalized spacial score (nSPS) is 13.9. The van der Waals surface area contributed by atoms with E-state index in [2.05, 4.69) is 234 Å². The van der Waals surface area contributed by atoms with E-state index >= 15 is 0 Å². The Hall–Kier alpha value is -7.96. The average Bonchev–Trinajstić information content (AvgIpc) is 3.75. The van der Waals surface area contributed by atoms with Crippen molar-refractivity contribution in [2.75, 3.05) is 23.0 Å². The van der Waals surface area contributed by atoms with E-state index in [4.69, 9.17) is 13.9 Å². The second-order valence-corrected chi connectivity index (χ2v) is 21.7. The fourth-order valence-electron chi connectivity index (χ4n) is 11.3. The SMILES string of the molecule is Cc1cc2c3c(c1)N(c1ccccc1)c1cc4c(cc1B3c1ccc(-c3ccc5c(c3)oc3ccccc35)cc1N2c1cc(-c2ccc(C(C)(C)C)cc2)cc(-c2ccc(C(C)(C)C)cc2)c1)OCCO4. The van der Waals surface area contributed by atoms with Crippen molar-refractivity contribution in [2.45, 2.75) is 59.3 Å². The number of para-hydroxylation sites is 2. The molecule has 0 aliphatic carbocycles. The van der Waals surface area contributed by atoms with Crippen LogP contribution in [0.5, 0.6) is 11.5 Å². The molecule has 0 N–H and O–H groups in total. The fraction of sp³-hybridized carbons (Fsp3) is 0.169. The van der Waals surface area contributed by atoms with Crippen LogP contribution in [0.25, 0.3) is 55.3 Å². The number of rotatable bonds is 5. The Morgan fingerprint density at radius 3 is 1.59 bits per heavy atom. The van der Waals surface area contributed by atoms with Crippen molar-refractivity contribution in [1.82, 2.24) is 0 Å². The van der Waals surface area contributed by atoms with Crippen LogP contribution in [0.3, 0.4) is 0 Å². The van der Waals surface area contributed by atoms with Crippen LogP contribution in [0.1, 0.15) is 58.2 Å². The maximum absolute atomic E-state index is 6.49. The molecule has 0 bridgehead atoms. The number of ether oxygens (including phenoxy) is 2. The van der Waals surface area contributed by atoms with Crippen LogP contribution < -0.4 is 35.7 Å². The number of hydrogen-bond donors (Lipinski definition) is 0. The van der Waals surface area contributed by atoms with E-state index in [0.29, 0.717) is 13.2 Å². The Kier molecular flexibility index (Phi) is 9.74. The Bertz CT molecular complexity index is 3670. The molecule has 3 aliphatic rings. The third-order valence-corrected chi connectivity index (χ3v) is 14.9. The van der Waals surface area contributed by atoms with E-state index in [-0.39, 0.29) is 17.5 Å². The first kappa shape index (κ1) is 43.1. The summed E-state index contributed by atoms with van der Waals surface area (Å²) in [5, 5.41) is 2.25. The molecule has 1 aromatic heterocycles. The molecular formula is C65H55BN2O3. The van der Waals surface area contributed by atoms with Crippen LogP contribution >= 0.6 is 0 Å². The minimum absolute atomic E-state index is 0.0377. The van der Waals surface area contributed by atoms with Gasteiger partial charge in [-0.2, -0.15) is 0 Å². The van der Waals surface area contributed by atoms with E-state index in [0.717, 1.165) is 89.8 Å². The molecule has 0 fully saturated rings. The van der Waals surface area contributed by atoms with Gasteiger partial charge >= 0.3 is 0 Å². The van der Waals surface area contributed by atoms with Crippen molar-refractivity contribution >= 4 is 79.2 Å². The van der Waals surface area contributed by atoms with Crippen LogP contribution in [0.4, 0.5) is 34.1 Å². The average molecular weight is 923 g/mol. The Morgan fingerprint density at radius 2 is 0.944 bits per heavy atom. The number of anilines is 6. The van der Waals surface area contributed by atoms with Gasteiger partial charge in [-0.1, -0.05) is 145 Å². The van der Waals surface area contributed by atoms with Crippen molar-refractivity contribution in [1.29, 1.82) is 0 Å². The van der Waals surface area contributed by atoms with E-state index in [1.807, 2.05) is 6.07 Å². The largest absolute Gasteiger partial charge is 0.486 e. The number of fused-ring (bicyclic) bond motifs is 8. The molecule has 0 saturated heterocycles. The van der Waals surface area contributed by atoms with Gasteiger partial charge in [-0.05, 0) is 157 Å². The van der Waals surface area contributed by atoms with E-state index in [9.17, 15) is 0 Å². The highest BCUT2D eigenvalue weighted by atomic mass is 16.6. The van der Waals surface area contributed by atoms with E-state index in [1.165, 1.54) is 44.2 Å². The lowest BCUT2D eigenvalue weighted by molar-refractivity contribution is 0.172. The quantitative estimate of drug-likeness (QED) is 0.161. The number of aryl methyl sites for hydroxylation is 1. The molecule has 5 nitrogen and oxygen atoms in total. The minimum atomic E-state index is -0.109. The second-order valence-electron chi connectivity index (χ2n) is 21.7.